The van der Waals surface area contributed by atoms with Crippen molar-refractivity contribution in [3.63, 3.8) is 0 Å². The van der Waals surface area contributed by atoms with Gasteiger partial charge in [-0.3, -0.25) is 4.79 Å². The Balaban J connectivity index is 1.76. The molecule has 0 bridgehead atoms. The highest BCUT2D eigenvalue weighted by atomic mass is 35.5. The summed E-state index contributed by atoms with van der Waals surface area (Å²) in [6, 6.07) is 8.72. The Morgan fingerprint density at radius 3 is 2.62 bits per heavy atom. The Morgan fingerprint density at radius 1 is 1.21 bits per heavy atom. The van der Waals surface area contributed by atoms with Gasteiger partial charge in [0.2, 0.25) is 0 Å². The van der Waals surface area contributed by atoms with Crippen LogP contribution in [-0.2, 0) is 6.18 Å². The van der Waals surface area contributed by atoms with E-state index in [1.54, 1.807) is 6.92 Å². The van der Waals surface area contributed by atoms with E-state index in [1.807, 2.05) is 0 Å². The van der Waals surface area contributed by atoms with Crippen molar-refractivity contribution in [2.75, 3.05) is 0 Å². The maximum absolute atomic E-state index is 13.1. The molecule has 0 saturated carbocycles. The summed E-state index contributed by atoms with van der Waals surface area (Å²) in [7, 11) is 0. The van der Waals surface area contributed by atoms with Gasteiger partial charge in [-0.15, -0.1) is 11.3 Å². The van der Waals surface area contributed by atoms with Crippen LogP contribution in [0.2, 0.25) is 5.02 Å². The third-order valence-corrected chi connectivity index (χ3v) is 6.29. The monoisotopic (exact) mass is 510 g/mol. The second-order valence-corrected chi connectivity index (χ2v) is 8.51. The van der Waals surface area contributed by atoms with E-state index in [2.05, 4.69) is 4.98 Å². The first kappa shape index (κ1) is 23.6. The van der Waals surface area contributed by atoms with E-state index >= 15 is 0 Å². The number of alkyl halides is 3. The van der Waals surface area contributed by atoms with Crippen molar-refractivity contribution in [2.24, 2.45) is 0 Å². The molecule has 7 nitrogen and oxygen atoms in total. The number of fused-ring (bicyclic) bond motifs is 1. The fourth-order valence-corrected chi connectivity index (χ4v) is 4.42. The van der Waals surface area contributed by atoms with E-state index in [0.29, 0.717) is 4.57 Å². The Labute approximate surface area is 197 Å². The molecule has 4 aromatic rings. The lowest BCUT2D eigenvalue weighted by atomic mass is 10.1. The number of aromatic nitrogens is 2. The zero-order valence-electron chi connectivity index (χ0n) is 17.1. The lowest BCUT2D eigenvalue weighted by molar-refractivity contribution is -0.137. The van der Waals surface area contributed by atoms with Gasteiger partial charge in [-0.25, -0.2) is 14.2 Å². The topological polar surface area (TPSA) is 101 Å². The highest BCUT2D eigenvalue weighted by Gasteiger charge is 2.31. The van der Waals surface area contributed by atoms with Gasteiger partial charge in [0.25, 0.3) is 5.56 Å². The number of ether oxygens (including phenoxy) is 1. The predicted octanol–water partition coefficient (Wildman–Crippen LogP) is 5.25. The lowest BCUT2D eigenvalue weighted by Crippen LogP contribution is -2.34. The zero-order chi connectivity index (χ0) is 24.8. The molecule has 1 unspecified atom stereocenters. The normalized spacial score (nSPS) is 12.6. The molecule has 0 spiro atoms. The second kappa shape index (κ2) is 8.65. The number of rotatable bonds is 5. The lowest BCUT2D eigenvalue weighted by Gasteiger charge is -2.18. The Kier molecular flexibility index (Phi) is 6.00. The van der Waals surface area contributed by atoms with Gasteiger partial charge in [0.15, 0.2) is 0 Å². The average molecular weight is 511 g/mol. The van der Waals surface area contributed by atoms with Gasteiger partial charge in [-0.1, -0.05) is 23.7 Å². The molecule has 176 valence electrons. The van der Waals surface area contributed by atoms with E-state index in [9.17, 15) is 32.7 Å². The number of aromatic carboxylic acids is 1. The molecule has 2 heterocycles. The summed E-state index contributed by atoms with van der Waals surface area (Å²) in [4.78, 5) is 39.4. The van der Waals surface area contributed by atoms with Gasteiger partial charge < -0.3 is 14.8 Å². The van der Waals surface area contributed by atoms with E-state index in [-0.39, 0.29) is 37.8 Å². The maximum Gasteiger partial charge on any atom is 0.416 e. The smallest absolute Gasteiger partial charge is 0.416 e. The standard InChI is InChI=1S/C22H14ClF3N2O5S/c1-10(11-3-2-4-12(7-11)22(24,25)26)33-13-5-6-14(23)16(8-13)28-19(29)17-15(27-21(28)32)9-34-18(17)20(30)31/h2-10H,1H3,(H,27,32)(H,30,31). The molecule has 0 aliphatic carbocycles. The number of hydrogen-bond donors (Lipinski definition) is 2. The van der Waals surface area contributed by atoms with E-state index in [0.717, 1.165) is 23.5 Å². The first-order chi connectivity index (χ1) is 16.0. The molecule has 0 fully saturated rings. The minimum absolute atomic E-state index is 0.00173. The van der Waals surface area contributed by atoms with E-state index in [4.69, 9.17) is 16.3 Å². The molecule has 34 heavy (non-hydrogen) atoms. The van der Waals surface area contributed by atoms with Crippen LogP contribution in [0.5, 0.6) is 5.75 Å². The summed E-state index contributed by atoms with van der Waals surface area (Å²) in [5.74, 6) is -1.20. The Bertz CT molecular complexity index is 1540. The molecule has 2 aromatic heterocycles. The molecule has 0 aliphatic heterocycles. The average Bonchev–Trinajstić information content (AvgIpc) is 3.19. The minimum Gasteiger partial charge on any atom is -0.486 e. The van der Waals surface area contributed by atoms with Crippen LogP contribution in [-0.4, -0.2) is 20.6 Å². The summed E-state index contributed by atoms with van der Waals surface area (Å²) in [5.41, 5.74) is -2.30. The number of halogens is 4. The third-order valence-electron chi connectivity index (χ3n) is 5.00. The second-order valence-electron chi connectivity index (χ2n) is 7.23. The van der Waals surface area contributed by atoms with Crippen LogP contribution >= 0.6 is 22.9 Å². The molecule has 0 saturated heterocycles. The Morgan fingerprint density at radius 2 is 1.94 bits per heavy atom. The molecule has 0 radical (unpaired) electrons. The van der Waals surface area contributed by atoms with Crippen molar-refractivity contribution in [1.82, 2.24) is 9.55 Å². The van der Waals surface area contributed by atoms with Crippen LogP contribution in [0, 0.1) is 0 Å². The summed E-state index contributed by atoms with van der Waals surface area (Å²) < 4.78 is 45.5. The highest BCUT2D eigenvalue weighted by molar-refractivity contribution is 7.13. The van der Waals surface area contributed by atoms with Crippen LogP contribution in [0.15, 0.2) is 57.4 Å². The van der Waals surface area contributed by atoms with Crippen LogP contribution in [0.1, 0.15) is 33.8 Å². The number of carboxylic acid groups (broad SMARTS) is 1. The maximum atomic E-state index is 13.1. The number of carboxylic acids is 1. The molecule has 1 atom stereocenters. The van der Waals surface area contributed by atoms with Crippen molar-refractivity contribution >= 4 is 39.8 Å². The van der Waals surface area contributed by atoms with Gasteiger partial charge in [-0.2, -0.15) is 13.2 Å². The van der Waals surface area contributed by atoms with Crippen LogP contribution in [0.4, 0.5) is 13.2 Å². The van der Waals surface area contributed by atoms with Crippen molar-refractivity contribution in [2.45, 2.75) is 19.2 Å². The van der Waals surface area contributed by atoms with Crippen molar-refractivity contribution in [3.8, 4) is 11.4 Å². The number of aromatic amines is 1. The van der Waals surface area contributed by atoms with E-state index < -0.39 is 35.1 Å². The number of benzene rings is 2. The molecular formula is C22H14ClF3N2O5S. The van der Waals surface area contributed by atoms with Crippen molar-refractivity contribution < 1.29 is 27.8 Å². The summed E-state index contributed by atoms with van der Waals surface area (Å²) in [6.45, 7) is 1.54. The third kappa shape index (κ3) is 4.31. The van der Waals surface area contributed by atoms with Gasteiger partial charge in [0, 0.05) is 11.4 Å². The molecule has 0 aliphatic rings. The van der Waals surface area contributed by atoms with Crippen molar-refractivity contribution in [1.29, 1.82) is 0 Å². The largest absolute Gasteiger partial charge is 0.486 e. The zero-order valence-corrected chi connectivity index (χ0v) is 18.7. The quantitative estimate of drug-likeness (QED) is 0.382. The van der Waals surface area contributed by atoms with Gasteiger partial charge in [0.1, 0.15) is 16.7 Å². The molecule has 12 heteroatoms. The number of H-pyrrole nitrogens is 1. The minimum atomic E-state index is -4.51. The molecular weight excluding hydrogens is 497 g/mol. The van der Waals surface area contributed by atoms with Crippen molar-refractivity contribution in [3.05, 3.63) is 89.7 Å². The van der Waals surface area contributed by atoms with Crippen LogP contribution < -0.4 is 16.0 Å². The van der Waals surface area contributed by atoms with Crippen LogP contribution in [0.3, 0.4) is 0 Å². The summed E-state index contributed by atoms with van der Waals surface area (Å²) >= 11 is 7.01. The van der Waals surface area contributed by atoms with Gasteiger partial charge in [0.05, 0.1) is 27.2 Å². The van der Waals surface area contributed by atoms with Gasteiger partial charge in [-0.05, 0) is 36.8 Å². The SMILES string of the molecule is CC(Oc1ccc(Cl)c(-n2c(=O)[nH]c3csc(C(=O)O)c3c2=O)c1)c1cccc(C(F)(F)F)c1. The molecule has 2 aromatic carbocycles. The summed E-state index contributed by atoms with van der Waals surface area (Å²) in [6.07, 6.45) is -5.33. The van der Waals surface area contributed by atoms with Gasteiger partial charge >= 0.3 is 17.8 Å². The number of thiophene rings is 1. The number of nitrogens with zero attached hydrogens (tertiary/aromatic N) is 1. The van der Waals surface area contributed by atoms with Crippen LogP contribution in [0.25, 0.3) is 16.6 Å². The fourth-order valence-electron chi connectivity index (χ4n) is 3.39. The Hall–Kier alpha value is -3.57. The number of nitrogens with one attached hydrogen (secondary N) is 1. The number of hydrogen-bond acceptors (Lipinski definition) is 5. The molecule has 2 N–H and O–H groups in total. The first-order valence-corrected chi connectivity index (χ1v) is 10.9. The molecule has 0 amide bonds. The summed E-state index contributed by atoms with van der Waals surface area (Å²) in [5, 5.41) is 10.5. The first-order valence-electron chi connectivity index (χ1n) is 9.61. The molecule has 4 rings (SSSR count). The van der Waals surface area contributed by atoms with E-state index in [1.165, 1.54) is 35.7 Å². The number of carbonyl (C=O) groups is 1. The predicted molar refractivity (Wildman–Crippen MR) is 120 cm³/mol. The highest BCUT2D eigenvalue weighted by Crippen LogP contribution is 2.33. The fraction of sp³-hybridized carbons (Fsp3) is 0.136.